The maximum absolute atomic E-state index is 6.09. The molecule has 1 fully saturated rings. The molecule has 0 bridgehead atoms. The number of rotatable bonds is 6. The fraction of sp³-hybridized carbons (Fsp3) is 0.600. The Morgan fingerprint density at radius 1 is 1.28 bits per heavy atom. The summed E-state index contributed by atoms with van der Waals surface area (Å²) in [5, 5.41) is 5.02. The third-order valence-corrected chi connectivity index (χ3v) is 4.49. The molecule has 0 saturated heterocycles. The quantitative estimate of drug-likeness (QED) is 0.755. The van der Waals surface area contributed by atoms with E-state index in [1.807, 2.05) is 12.1 Å². The summed E-state index contributed by atoms with van der Waals surface area (Å²) in [4.78, 5) is 0. The normalized spacial score (nSPS) is 24.0. The van der Waals surface area contributed by atoms with E-state index in [9.17, 15) is 0 Å². The lowest BCUT2D eigenvalue weighted by Crippen LogP contribution is -2.24. The summed E-state index contributed by atoms with van der Waals surface area (Å²) >= 11 is 12.0. The second-order valence-electron chi connectivity index (χ2n) is 5.19. The molecule has 0 radical (unpaired) electrons. The van der Waals surface area contributed by atoms with E-state index in [1.165, 1.54) is 24.8 Å². The van der Waals surface area contributed by atoms with Crippen molar-refractivity contribution >= 4 is 23.2 Å². The summed E-state index contributed by atoms with van der Waals surface area (Å²) in [6.45, 7) is 4.46. The Morgan fingerprint density at radius 2 is 2.06 bits per heavy atom. The van der Waals surface area contributed by atoms with Gasteiger partial charge in [0.15, 0.2) is 0 Å². The molecular weight excluding hydrogens is 265 g/mol. The van der Waals surface area contributed by atoms with E-state index in [1.54, 1.807) is 0 Å². The van der Waals surface area contributed by atoms with Crippen LogP contribution in [-0.4, -0.2) is 6.04 Å². The van der Waals surface area contributed by atoms with Gasteiger partial charge in [-0.2, -0.15) is 0 Å². The van der Waals surface area contributed by atoms with Crippen LogP contribution in [0.25, 0.3) is 0 Å². The number of halogens is 2. The fourth-order valence-electron chi connectivity index (χ4n) is 2.58. The summed E-state index contributed by atoms with van der Waals surface area (Å²) in [5.74, 6) is 0.881. The molecule has 3 atom stereocenters. The van der Waals surface area contributed by atoms with Gasteiger partial charge >= 0.3 is 0 Å². The maximum Gasteiger partial charge on any atom is 0.0595 e. The van der Waals surface area contributed by atoms with Crippen LogP contribution in [0.15, 0.2) is 18.2 Å². The summed E-state index contributed by atoms with van der Waals surface area (Å²) in [6, 6.07) is 7.05. The van der Waals surface area contributed by atoms with Crippen molar-refractivity contribution in [2.75, 3.05) is 0 Å². The fourth-order valence-corrected chi connectivity index (χ4v) is 2.89. The zero-order chi connectivity index (χ0) is 13.1. The van der Waals surface area contributed by atoms with Gasteiger partial charge in [-0.25, -0.2) is 0 Å². The lowest BCUT2D eigenvalue weighted by Gasteiger charge is -2.18. The minimum atomic E-state index is 0.395. The van der Waals surface area contributed by atoms with Crippen molar-refractivity contribution in [1.29, 1.82) is 0 Å². The van der Waals surface area contributed by atoms with Gasteiger partial charge in [-0.15, -0.1) is 0 Å². The standard InChI is InChI=1S/C15H21Cl2N/c1-3-5-10-9-15(10)18-14(4-2)11-6-7-12(16)13(17)8-11/h6-8,10,14-15,18H,3-5,9H2,1-2H3. The van der Waals surface area contributed by atoms with E-state index in [2.05, 4.69) is 25.2 Å². The largest absolute Gasteiger partial charge is 0.307 e. The first kappa shape index (κ1) is 14.2. The van der Waals surface area contributed by atoms with E-state index in [-0.39, 0.29) is 0 Å². The van der Waals surface area contributed by atoms with Gasteiger partial charge in [0.25, 0.3) is 0 Å². The van der Waals surface area contributed by atoms with Crippen LogP contribution in [0.3, 0.4) is 0 Å². The Kier molecular flexibility index (Phi) is 4.94. The smallest absolute Gasteiger partial charge is 0.0595 e. The molecule has 1 N–H and O–H groups in total. The molecule has 3 heteroatoms. The molecule has 1 aliphatic rings. The lowest BCUT2D eigenvalue weighted by molar-refractivity contribution is 0.489. The minimum absolute atomic E-state index is 0.395. The summed E-state index contributed by atoms with van der Waals surface area (Å²) in [6.07, 6.45) is 5.03. The van der Waals surface area contributed by atoms with Crippen molar-refractivity contribution in [1.82, 2.24) is 5.32 Å². The molecule has 0 aliphatic heterocycles. The van der Waals surface area contributed by atoms with Crippen LogP contribution in [0.5, 0.6) is 0 Å². The first-order valence-corrected chi connectivity index (χ1v) is 7.62. The van der Waals surface area contributed by atoms with Crippen LogP contribution in [0.1, 0.15) is 51.1 Å². The minimum Gasteiger partial charge on any atom is -0.307 e. The predicted octanol–water partition coefficient (Wildman–Crippen LogP) is 5.22. The Morgan fingerprint density at radius 3 is 2.67 bits per heavy atom. The molecule has 1 nitrogen and oxygen atoms in total. The highest BCUT2D eigenvalue weighted by Crippen LogP contribution is 2.37. The van der Waals surface area contributed by atoms with Crippen LogP contribution in [0.4, 0.5) is 0 Å². The number of hydrogen-bond acceptors (Lipinski definition) is 1. The van der Waals surface area contributed by atoms with Gasteiger partial charge in [0.1, 0.15) is 0 Å². The molecule has 100 valence electrons. The topological polar surface area (TPSA) is 12.0 Å². The van der Waals surface area contributed by atoms with Crippen molar-refractivity contribution < 1.29 is 0 Å². The Bertz CT molecular complexity index is 405. The molecular formula is C15H21Cl2N. The summed E-state index contributed by atoms with van der Waals surface area (Å²) in [5.41, 5.74) is 1.24. The number of hydrogen-bond donors (Lipinski definition) is 1. The van der Waals surface area contributed by atoms with Crippen LogP contribution in [0.2, 0.25) is 10.0 Å². The van der Waals surface area contributed by atoms with Gasteiger partial charge in [-0.05, 0) is 42.9 Å². The zero-order valence-electron chi connectivity index (χ0n) is 11.0. The molecule has 0 spiro atoms. The molecule has 0 amide bonds. The van der Waals surface area contributed by atoms with Gasteiger partial charge in [-0.3, -0.25) is 0 Å². The molecule has 0 aromatic heterocycles. The molecule has 1 saturated carbocycles. The second kappa shape index (κ2) is 6.27. The van der Waals surface area contributed by atoms with Crippen molar-refractivity contribution in [2.45, 2.75) is 51.6 Å². The van der Waals surface area contributed by atoms with Crippen molar-refractivity contribution in [3.8, 4) is 0 Å². The number of benzene rings is 1. The van der Waals surface area contributed by atoms with E-state index in [0.717, 1.165) is 12.3 Å². The highest BCUT2D eigenvalue weighted by molar-refractivity contribution is 6.42. The Hall–Kier alpha value is -0.240. The van der Waals surface area contributed by atoms with Gasteiger partial charge in [0.05, 0.1) is 10.0 Å². The molecule has 1 aromatic carbocycles. The summed E-state index contributed by atoms with van der Waals surface area (Å²) < 4.78 is 0. The van der Waals surface area contributed by atoms with Crippen LogP contribution in [-0.2, 0) is 0 Å². The number of nitrogens with one attached hydrogen (secondary N) is 1. The van der Waals surface area contributed by atoms with Crippen molar-refractivity contribution in [3.63, 3.8) is 0 Å². The van der Waals surface area contributed by atoms with Crippen molar-refractivity contribution in [3.05, 3.63) is 33.8 Å². The van der Waals surface area contributed by atoms with E-state index in [0.29, 0.717) is 22.1 Å². The molecule has 18 heavy (non-hydrogen) atoms. The highest BCUT2D eigenvalue weighted by atomic mass is 35.5. The predicted molar refractivity (Wildman–Crippen MR) is 79.4 cm³/mol. The average molecular weight is 286 g/mol. The SMILES string of the molecule is CCCC1CC1NC(CC)c1ccc(Cl)c(Cl)c1. The third kappa shape index (κ3) is 3.40. The molecule has 2 rings (SSSR count). The van der Waals surface area contributed by atoms with Crippen LogP contribution >= 0.6 is 23.2 Å². The lowest BCUT2D eigenvalue weighted by atomic mass is 10.0. The first-order valence-electron chi connectivity index (χ1n) is 6.86. The average Bonchev–Trinajstić information content (AvgIpc) is 3.08. The molecule has 1 aliphatic carbocycles. The third-order valence-electron chi connectivity index (χ3n) is 3.75. The first-order chi connectivity index (χ1) is 8.65. The van der Waals surface area contributed by atoms with Gasteiger partial charge in [-0.1, -0.05) is 49.5 Å². The monoisotopic (exact) mass is 285 g/mol. The molecule has 1 aromatic rings. The highest BCUT2D eigenvalue weighted by Gasteiger charge is 2.37. The van der Waals surface area contributed by atoms with Crippen molar-refractivity contribution in [2.24, 2.45) is 5.92 Å². The second-order valence-corrected chi connectivity index (χ2v) is 6.01. The maximum atomic E-state index is 6.09. The van der Waals surface area contributed by atoms with Gasteiger partial charge in [0.2, 0.25) is 0 Å². The molecule has 0 heterocycles. The van der Waals surface area contributed by atoms with Gasteiger partial charge in [0, 0.05) is 12.1 Å². The van der Waals surface area contributed by atoms with Crippen LogP contribution < -0.4 is 5.32 Å². The molecule has 3 unspecified atom stereocenters. The Labute approximate surface area is 120 Å². The van der Waals surface area contributed by atoms with E-state index < -0.39 is 0 Å². The van der Waals surface area contributed by atoms with Gasteiger partial charge < -0.3 is 5.32 Å². The van der Waals surface area contributed by atoms with E-state index in [4.69, 9.17) is 23.2 Å². The Balaban J connectivity index is 1.98. The zero-order valence-corrected chi connectivity index (χ0v) is 12.6. The van der Waals surface area contributed by atoms with E-state index >= 15 is 0 Å². The summed E-state index contributed by atoms with van der Waals surface area (Å²) in [7, 11) is 0. The van der Waals surface area contributed by atoms with Crippen LogP contribution in [0, 0.1) is 5.92 Å².